The predicted molar refractivity (Wildman–Crippen MR) is 104 cm³/mol. The standard InChI is InChI=1S/C20H18ClFN2O4/c1-24(2)20(27)14-5-7-15(8-6-14)23-18(25)12-28-19(26)10-4-13-3-9-17(22)16(21)11-13/h3-11H,12H2,1-2H3,(H,23,25)/b10-4+. The molecule has 8 heteroatoms. The molecule has 28 heavy (non-hydrogen) atoms. The molecule has 2 aromatic rings. The van der Waals surface area contributed by atoms with E-state index in [0.717, 1.165) is 6.08 Å². The summed E-state index contributed by atoms with van der Waals surface area (Å²) in [5.74, 6) is -1.97. The molecule has 0 atom stereocenters. The topological polar surface area (TPSA) is 75.7 Å². The molecule has 0 radical (unpaired) electrons. The minimum atomic E-state index is -0.734. The summed E-state index contributed by atoms with van der Waals surface area (Å²) in [4.78, 5) is 36.8. The molecule has 0 spiro atoms. The molecule has 0 bridgehead atoms. The average Bonchev–Trinajstić information content (AvgIpc) is 2.67. The minimum Gasteiger partial charge on any atom is -0.452 e. The zero-order chi connectivity index (χ0) is 20.7. The van der Waals surface area contributed by atoms with Gasteiger partial charge in [-0.3, -0.25) is 9.59 Å². The lowest BCUT2D eigenvalue weighted by atomic mass is 10.2. The molecular weight excluding hydrogens is 387 g/mol. The van der Waals surface area contributed by atoms with Crippen LogP contribution in [0.4, 0.5) is 10.1 Å². The van der Waals surface area contributed by atoms with Crippen molar-refractivity contribution in [2.75, 3.05) is 26.0 Å². The fourth-order valence-electron chi connectivity index (χ4n) is 2.12. The number of hydrogen-bond donors (Lipinski definition) is 1. The number of benzene rings is 2. The second-order valence-electron chi connectivity index (χ2n) is 5.94. The SMILES string of the molecule is CN(C)C(=O)c1ccc(NC(=O)COC(=O)/C=C/c2ccc(F)c(Cl)c2)cc1. The van der Waals surface area contributed by atoms with Gasteiger partial charge in [0.05, 0.1) is 5.02 Å². The summed E-state index contributed by atoms with van der Waals surface area (Å²) in [5.41, 5.74) is 1.47. The first-order valence-electron chi connectivity index (χ1n) is 8.17. The van der Waals surface area contributed by atoms with E-state index in [9.17, 15) is 18.8 Å². The van der Waals surface area contributed by atoms with Crippen molar-refractivity contribution >= 4 is 41.1 Å². The summed E-state index contributed by atoms with van der Waals surface area (Å²) in [5, 5.41) is 2.49. The molecule has 2 amide bonds. The Labute approximate surface area is 166 Å². The highest BCUT2D eigenvalue weighted by molar-refractivity contribution is 6.30. The van der Waals surface area contributed by atoms with Crippen LogP contribution in [0.25, 0.3) is 6.08 Å². The van der Waals surface area contributed by atoms with E-state index < -0.39 is 24.3 Å². The van der Waals surface area contributed by atoms with Gasteiger partial charge in [-0.25, -0.2) is 9.18 Å². The van der Waals surface area contributed by atoms with Crippen molar-refractivity contribution in [1.82, 2.24) is 4.90 Å². The van der Waals surface area contributed by atoms with Crippen LogP contribution >= 0.6 is 11.6 Å². The number of rotatable bonds is 6. The maximum Gasteiger partial charge on any atom is 0.331 e. The maximum absolute atomic E-state index is 13.1. The fraction of sp³-hybridized carbons (Fsp3) is 0.150. The van der Waals surface area contributed by atoms with Crippen molar-refractivity contribution in [2.45, 2.75) is 0 Å². The smallest absolute Gasteiger partial charge is 0.331 e. The Morgan fingerprint density at radius 2 is 1.82 bits per heavy atom. The molecular formula is C20H18ClFN2O4. The highest BCUT2D eigenvalue weighted by Crippen LogP contribution is 2.17. The first kappa shape index (κ1) is 21.1. The number of nitrogens with one attached hydrogen (secondary N) is 1. The van der Waals surface area contributed by atoms with Gasteiger partial charge >= 0.3 is 5.97 Å². The van der Waals surface area contributed by atoms with E-state index in [0.29, 0.717) is 16.8 Å². The van der Waals surface area contributed by atoms with Crippen LogP contribution in [0.15, 0.2) is 48.5 Å². The monoisotopic (exact) mass is 404 g/mol. The van der Waals surface area contributed by atoms with Crippen LogP contribution in [-0.4, -0.2) is 43.4 Å². The molecule has 0 aliphatic rings. The van der Waals surface area contributed by atoms with Crippen LogP contribution in [0.2, 0.25) is 5.02 Å². The van der Waals surface area contributed by atoms with Crippen molar-refractivity contribution in [3.8, 4) is 0 Å². The third-order valence-corrected chi connectivity index (χ3v) is 3.81. The van der Waals surface area contributed by atoms with E-state index in [1.165, 1.54) is 29.2 Å². The van der Waals surface area contributed by atoms with Gasteiger partial charge in [0.15, 0.2) is 6.61 Å². The zero-order valence-electron chi connectivity index (χ0n) is 15.2. The molecule has 0 aromatic heterocycles. The number of nitrogens with zero attached hydrogens (tertiary/aromatic N) is 1. The molecule has 0 fully saturated rings. The molecule has 0 aliphatic heterocycles. The van der Waals surface area contributed by atoms with E-state index in [2.05, 4.69) is 5.32 Å². The molecule has 2 rings (SSSR count). The molecule has 1 N–H and O–H groups in total. The number of carbonyl (C=O) groups excluding carboxylic acids is 3. The normalized spacial score (nSPS) is 10.6. The van der Waals surface area contributed by atoms with Crippen molar-refractivity contribution < 1.29 is 23.5 Å². The predicted octanol–water partition coefficient (Wildman–Crippen LogP) is 3.38. The molecule has 0 aliphatic carbocycles. The van der Waals surface area contributed by atoms with Crippen LogP contribution in [0.5, 0.6) is 0 Å². The van der Waals surface area contributed by atoms with Crippen LogP contribution in [0.3, 0.4) is 0 Å². The van der Waals surface area contributed by atoms with Gasteiger partial charge in [-0.2, -0.15) is 0 Å². The molecule has 6 nitrogen and oxygen atoms in total. The van der Waals surface area contributed by atoms with Gasteiger partial charge in [-0.1, -0.05) is 17.7 Å². The Balaban J connectivity index is 1.83. The largest absolute Gasteiger partial charge is 0.452 e. The van der Waals surface area contributed by atoms with Gasteiger partial charge < -0.3 is 15.0 Å². The molecule has 2 aromatic carbocycles. The summed E-state index contributed by atoms with van der Waals surface area (Å²) < 4.78 is 17.9. The second kappa shape index (κ2) is 9.66. The summed E-state index contributed by atoms with van der Waals surface area (Å²) in [6.07, 6.45) is 2.50. The van der Waals surface area contributed by atoms with Crippen LogP contribution in [0, 0.1) is 5.82 Å². The van der Waals surface area contributed by atoms with E-state index in [-0.39, 0.29) is 10.9 Å². The Kier molecular flexibility index (Phi) is 7.28. The lowest BCUT2D eigenvalue weighted by Gasteiger charge is -2.11. The first-order valence-corrected chi connectivity index (χ1v) is 8.55. The van der Waals surface area contributed by atoms with E-state index in [1.54, 1.807) is 38.4 Å². The van der Waals surface area contributed by atoms with Crippen molar-refractivity contribution in [3.05, 3.63) is 70.5 Å². The number of halogens is 2. The number of carbonyl (C=O) groups is 3. The van der Waals surface area contributed by atoms with Gasteiger partial charge in [0.25, 0.3) is 11.8 Å². The molecule has 0 unspecified atom stereocenters. The highest BCUT2D eigenvalue weighted by Gasteiger charge is 2.09. The number of hydrogen-bond acceptors (Lipinski definition) is 4. The first-order chi connectivity index (χ1) is 13.3. The van der Waals surface area contributed by atoms with Gasteiger partial charge in [-0.05, 0) is 48.0 Å². The third kappa shape index (κ3) is 6.21. The Morgan fingerprint density at radius 1 is 1.14 bits per heavy atom. The lowest BCUT2D eigenvalue weighted by Crippen LogP contribution is -2.22. The van der Waals surface area contributed by atoms with Crippen LogP contribution in [0.1, 0.15) is 15.9 Å². The minimum absolute atomic E-state index is 0.0619. The van der Waals surface area contributed by atoms with Crippen LogP contribution < -0.4 is 5.32 Å². The van der Waals surface area contributed by atoms with Crippen molar-refractivity contribution in [3.63, 3.8) is 0 Å². The Bertz CT molecular complexity index is 911. The van der Waals surface area contributed by atoms with Gasteiger partial charge in [0.1, 0.15) is 5.82 Å². The van der Waals surface area contributed by atoms with Gasteiger partial charge in [0, 0.05) is 31.4 Å². The lowest BCUT2D eigenvalue weighted by molar-refractivity contribution is -0.142. The van der Waals surface area contributed by atoms with Gasteiger partial charge in [0.2, 0.25) is 0 Å². The van der Waals surface area contributed by atoms with E-state index >= 15 is 0 Å². The zero-order valence-corrected chi connectivity index (χ0v) is 16.0. The number of anilines is 1. The molecule has 0 saturated heterocycles. The Morgan fingerprint density at radius 3 is 2.43 bits per heavy atom. The number of esters is 1. The molecule has 146 valence electrons. The fourth-order valence-corrected chi connectivity index (χ4v) is 2.31. The summed E-state index contributed by atoms with van der Waals surface area (Å²) in [6.45, 7) is -0.480. The average molecular weight is 405 g/mol. The summed E-state index contributed by atoms with van der Waals surface area (Å²) >= 11 is 5.65. The highest BCUT2D eigenvalue weighted by atomic mass is 35.5. The molecule has 0 saturated carbocycles. The van der Waals surface area contributed by atoms with Crippen molar-refractivity contribution in [1.29, 1.82) is 0 Å². The number of amides is 2. The van der Waals surface area contributed by atoms with Crippen molar-refractivity contribution in [2.24, 2.45) is 0 Å². The molecule has 0 heterocycles. The van der Waals surface area contributed by atoms with Gasteiger partial charge in [-0.15, -0.1) is 0 Å². The third-order valence-electron chi connectivity index (χ3n) is 3.52. The quantitative estimate of drug-likeness (QED) is 0.591. The van der Waals surface area contributed by atoms with Crippen LogP contribution in [-0.2, 0) is 14.3 Å². The summed E-state index contributed by atoms with van der Waals surface area (Å²) in [7, 11) is 3.29. The summed E-state index contributed by atoms with van der Waals surface area (Å²) in [6, 6.07) is 10.3. The Hall–Kier alpha value is -3.19. The maximum atomic E-state index is 13.1. The van der Waals surface area contributed by atoms with E-state index in [1.807, 2.05) is 0 Å². The van der Waals surface area contributed by atoms with E-state index in [4.69, 9.17) is 16.3 Å². The number of ether oxygens (including phenoxy) is 1. The second-order valence-corrected chi connectivity index (χ2v) is 6.35.